The molecule has 200 valence electrons. The number of methoxy groups -OCH3 is 1. The van der Waals surface area contributed by atoms with Crippen LogP contribution >= 0.6 is 11.6 Å². The second kappa shape index (κ2) is 10.6. The van der Waals surface area contributed by atoms with Crippen LogP contribution in [-0.2, 0) is 30.8 Å². The molecule has 1 N–H and O–H groups in total. The number of imide groups is 1. The number of hydrogen-bond acceptors (Lipinski definition) is 6. The van der Waals surface area contributed by atoms with E-state index in [-0.39, 0.29) is 29.1 Å². The maximum Gasteiger partial charge on any atom is 0.337 e. The molecule has 1 unspecified atom stereocenters. The maximum absolute atomic E-state index is 13.8. The highest BCUT2D eigenvalue weighted by Gasteiger charge is 2.46. The van der Waals surface area contributed by atoms with Crippen LogP contribution in [0.3, 0.4) is 0 Å². The lowest BCUT2D eigenvalue weighted by atomic mass is 10.1. The van der Waals surface area contributed by atoms with Gasteiger partial charge in [0.05, 0.1) is 29.7 Å². The lowest BCUT2D eigenvalue weighted by molar-refractivity contribution is -0.122. The number of hydrogen-bond donors (Lipinski definition) is 1. The van der Waals surface area contributed by atoms with E-state index in [1.54, 1.807) is 0 Å². The third kappa shape index (κ3) is 5.06. The smallest absolute Gasteiger partial charge is 0.337 e. The number of nitrogens with zero attached hydrogens (tertiary/aromatic N) is 2. The van der Waals surface area contributed by atoms with Gasteiger partial charge in [-0.15, -0.1) is 0 Å². The van der Waals surface area contributed by atoms with Crippen LogP contribution in [0.15, 0.2) is 83.9 Å². The Hall–Kier alpha value is -3.99. The predicted octanol–water partition coefficient (Wildman–Crippen LogP) is 4.17. The van der Waals surface area contributed by atoms with Crippen molar-refractivity contribution in [1.82, 2.24) is 9.29 Å². The van der Waals surface area contributed by atoms with Crippen LogP contribution in [0.2, 0.25) is 5.02 Å². The number of aromatic nitrogens is 1. The van der Waals surface area contributed by atoms with E-state index in [1.807, 2.05) is 30.5 Å². The molecule has 1 saturated heterocycles. The lowest BCUT2D eigenvalue weighted by Gasteiger charge is -2.27. The van der Waals surface area contributed by atoms with Crippen LogP contribution in [0.5, 0.6) is 0 Å². The van der Waals surface area contributed by atoms with Crippen LogP contribution in [0.4, 0.5) is 5.69 Å². The van der Waals surface area contributed by atoms with Gasteiger partial charge < -0.3 is 9.72 Å². The molecule has 5 rings (SSSR count). The van der Waals surface area contributed by atoms with E-state index in [9.17, 15) is 22.8 Å². The zero-order valence-corrected chi connectivity index (χ0v) is 22.4. The zero-order valence-electron chi connectivity index (χ0n) is 20.8. The van der Waals surface area contributed by atoms with Crippen LogP contribution in [-0.4, -0.2) is 55.2 Å². The number of nitrogens with one attached hydrogen (secondary N) is 1. The Labute approximate surface area is 230 Å². The number of esters is 1. The fraction of sp³-hybridized carbons (Fsp3) is 0.179. The number of ether oxygens (including phenoxy) is 1. The average Bonchev–Trinajstić information content (AvgIpc) is 3.48. The van der Waals surface area contributed by atoms with Crippen molar-refractivity contribution >= 4 is 56.0 Å². The van der Waals surface area contributed by atoms with Crippen LogP contribution < -0.4 is 4.90 Å². The third-order valence-electron chi connectivity index (χ3n) is 6.71. The van der Waals surface area contributed by atoms with E-state index in [2.05, 4.69) is 4.98 Å². The summed E-state index contributed by atoms with van der Waals surface area (Å²) in [4.78, 5) is 42.6. The molecule has 1 aliphatic heterocycles. The Bertz CT molecular complexity index is 1670. The highest BCUT2D eigenvalue weighted by Crippen LogP contribution is 2.31. The number of benzene rings is 3. The van der Waals surface area contributed by atoms with E-state index >= 15 is 0 Å². The Morgan fingerprint density at radius 3 is 2.44 bits per heavy atom. The number of H-pyrrole nitrogens is 1. The second-order valence-electron chi connectivity index (χ2n) is 9.00. The minimum absolute atomic E-state index is 0.0352. The van der Waals surface area contributed by atoms with Crippen molar-refractivity contribution in [2.75, 3.05) is 18.6 Å². The number of sulfonamides is 1. The molecule has 1 aromatic heterocycles. The summed E-state index contributed by atoms with van der Waals surface area (Å²) in [6.45, 7) is -0.0361. The molecule has 1 fully saturated rings. The fourth-order valence-electron chi connectivity index (χ4n) is 4.73. The first-order valence-electron chi connectivity index (χ1n) is 12.1. The zero-order chi connectivity index (χ0) is 27.7. The van der Waals surface area contributed by atoms with Crippen molar-refractivity contribution in [3.63, 3.8) is 0 Å². The van der Waals surface area contributed by atoms with Gasteiger partial charge in [0.1, 0.15) is 6.04 Å². The SMILES string of the molecule is COC(=O)c1ccc(N2C(=O)CC(N(CCc3c[nH]c4ccccc34)S(=O)(=O)c3ccc(Cl)cc3)C2=O)cc1. The van der Waals surface area contributed by atoms with E-state index in [4.69, 9.17) is 16.3 Å². The van der Waals surface area contributed by atoms with Gasteiger partial charge in [-0.1, -0.05) is 29.8 Å². The number of para-hydroxylation sites is 1. The van der Waals surface area contributed by atoms with Gasteiger partial charge in [-0.25, -0.2) is 18.1 Å². The molecule has 9 nitrogen and oxygen atoms in total. The molecule has 0 saturated carbocycles. The van der Waals surface area contributed by atoms with Crippen molar-refractivity contribution in [3.8, 4) is 0 Å². The highest BCUT2D eigenvalue weighted by molar-refractivity contribution is 7.89. The molecule has 11 heteroatoms. The van der Waals surface area contributed by atoms with Gasteiger partial charge in [0, 0.05) is 28.7 Å². The van der Waals surface area contributed by atoms with Gasteiger partial charge >= 0.3 is 5.97 Å². The second-order valence-corrected chi connectivity index (χ2v) is 11.3. The molecule has 1 aliphatic rings. The number of carbonyl (C=O) groups is 3. The molecule has 2 heterocycles. The molecule has 1 atom stereocenters. The maximum atomic E-state index is 13.8. The summed E-state index contributed by atoms with van der Waals surface area (Å²) < 4.78 is 33.5. The minimum Gasteiger partial charge on any atom is -0.465 e. The van der Waals surface area contributed by atoms with Gasteiger partial charge in [-0.3, -0.25) is 9.59 Å². The van der Waals surface area contributed by atoms with E-state index < -0.39 is 33.8 Å². The molecule has 2 amide bonds. The first-order valence-corrected chi connectivity index (χ1v) is 13.9. The molecule has 0 aliphatic carbocycles. The molecule has 3 aromatic carbocycles. The summed E-state index contributed by atoms with van der Waals surface area (Å²) in [5.74, 6) is -1.77. The Kier molecular flexibility index (Phi) is 7.26. The Balaban J connectivity index is 1.48. The molecule has 39 heavy (non-hydrogen) atoms. The highest BCUT2D eigenvalue weighted by atomic mass is 35.5. The topological polar surface area (TPSA) is 117 Å². The number of carbonyl (C=O) groups excluding carboxylic acids is 3. The molecule has 4 aromatic rings. The summed E-state index contributed by atoms with van der Waals surface area (Å²) >= 11 is 5.98. The molecule has 0 radical (unpaired) electrons. The summed E-state index contributed by atoms with van der Waals surface area (Å²) in [6, 6.07) is 17.9. The Morgan fingerprint density at radius 1 is 1.05 bits per heavy atom. The van der Waals surface area contributed by atoms with E-state index in [0.29, 0.717) is 11.4 Å². The third-order valence-corrected chi connectivity index (χ3v) is 8.89. The van der Waals surface area contributed by atoms with Gasteiger partial charge in [-0.2, -0.15) is 4.31 Å². The summed E-state index contributed by atoms with van der Waals surface area (Å²) in [6.07, 6.45) is 1.80. The van der Waals surface area contributed by atoms with E-state index in [0.717, 1.165) is 25.7 Å². The van der Waals surface area contributed by atoms with Gasteiger partial charge in [0.2, 0.25) is 15.9 Å². The quantitative estimate of drug-likeness (QED) is 0.253. The molecule has 0 bridgehead atoms. The number of fused-ring (bicyclic) bond motifs is 1. The summed E-state index contributed by atoms with van der Waals surface area (Å²) in [5.41, 5.74) is 2.28. The van der Waals surface area contributed by atoms with E-state index in [1.165, 1.54) is 55.6 Å². The molecular weight excluding hydrogens is 542 g/mol. The normalized spacial score (nSPS) is 15.9. The molecule has 0 spiro atoms. The van der Waals surface area contributed by atoms with Gasteiger partial charge in [0.25, 0.3) is 5.91 Å². The Morgan fingerprint density at radius 2 is 1.74 bits per heavy atom. The lowest BCUT2D eigenvalue weighted by Crippen LogP contribution is -2.46. The van der Waals surface area contributed by atoms with Crippen molar-refractivity contribution in [2.24, 2.45) is 0 Å². The van der Waals surface area contributed by atoms with Crippen LogP contribution in [0.1, 0.15) is 22.3 Å². The largest absolute Gasteiger partial charge is 0.465 e. The minimum atomic E-state index is -4.19. The standard InChI is InChI=1S/C28H24ClN3O6S/c1-38-28(35)18-6-10-21(11-7-18)32-26(33)16-25(27(32)34)31(39(36,37)22-12-8-20(29)9-13-22)15-14-19-17-30-24-5-3-2-4-23(19)24/h2-13,17,25,30H,14-16H2,1H3. The fourth-order valence-corrected chi connectivity index (χ4v) is 6.44. The predicted molar refractivity (Wildman–Crippen MR) is 146 cm³/mol. The average molecular weight is 566 g/mol. The van der Waals surface area contributed by atoms with Crippen molar-refractivity contribution in [2.45, 2.75) is 23.8 Å². The summed E-state index contributed by atoms with van der Waals surface area (Å²) in [5, 5.41) is 1.32. The first-order chi connectivity index (χ1) is 18.7. The number of halogens is 1. The molecular formula is C28H24ClN3O6S. The van der Waals surface area contributed by atoms with Crippen LogP contribution in [0.25, 0.3) is 10.9 Å². The summed E-state index contributed by atoms with van der Waals surface area (Å²) in [7, 11) is -2.94. The number of anilines is 1. The van der Waals surface area contributed by atoms with Crippen LogP contribution in [0, 0.1) is 0 Å². The van der Waals surface area contributed by atoms with Crippen molar-refractivity contribution in [1.29, 1.82) is 0 Å². The monoisotopic (exact) mass is 565 g/mol. The number of amides is 2. The van der Waals surface area contributed by atoms with Crippen molar-refractivity contribution < 1.29 is 27.5 Å². The van der Waals surface area contributed by atoms with Gasteiger partial charge in [-0.05, 0) is 66.6 Å². The number of rotatable bonds is 8. The van der Waals surface area contributed by atoms with Crippen molar-refractivity contribution in [3.05, 3.63) is 95.1 Å². The first kappa shape index (κ1) is 26.6. The number of aromatic amines is 1. The van der Waals surface area contributed by atoms with Gasteiger partial charge in [0.15, 0.2) is 0 Å².